The van der Waals surface area contributed by atoms with Crippen molar-refractivity contribution in [3.8, 4) is 17.1 Å². The molecule has 0 fully saturated rings. The fourth-order valence-electron chi connectivity index (χ4n) is 3.73. The van der Waals surface area contributed by atoms with Crippen molar-refractivity contribution < 1.29 is 14.5 Å². The SMILES string of the molecule is O=C(Oc1ccc(Br)cc1C=Nn1c(-c2ccc([N+](=O)[O-])cc2)nc2ccccc2c1=O)c1ccc(Br)cc1. The molecule has 11 heteroatoms. The Morgan fingerprint density at radius 2 is 1.64 bits per heavy atom. The number of rotatable bonds is 6. The number of non-ortho nitro benzene ring substituents is 1. The molecule has 39 heavy (non-hydrogen) atoms. The average molecular weight is 648 g/mol. The maximum atomic E-state index is 13.5. The monoisotopic (exact) mass is 646 g/mol. The summed E-state index contributed by atoms with van der Waals surface area (Å²) < 4.78 is 8.28. The van der Waals surface area contributed by atoms with E-state index in [-0.39, 0.29) is 17.3 Å². The summed E-state index contributed by atoms with van der Waals surface area (Å²) in [7, 11) is 0. The van der Waals surface area contributed by atoms with Crippen LogP contribution in [-0.4, -0.2) is 26.8 Å². The molecule has 0 unspecified atom stereocenters. The third-order valence-corrected chi connectivity index (χ3v) is 6.68. The highest BCUT2D eigenvalue weighted by molar-refractivity contribution is 9.10. The number of carbonyl (C=O) groups excluding carboxylic acids is 1. The molecule has 1 aromatic heterocycles. The van der Waals surface area contributed by atoms with Crippen LogP contribution in [0.3, 0.4) is 0 Å². The van der Waals surface area contributed by atoms with Crippen LogP contribution in [0.2, 0.25) is 0 Å². The predicted molar refractivity (Wildman–Crippen MR) is 154 cm³/mol. The van der Waals surface area contributed by atoms with Gasteiger partial charge >= 0.3 is 5.97 Å². The van der Waals surface area contributed by atoms with E-state index in [0.29, 0.717) is 32.1 Å². The Labute approximate surface area is 237 Å². The van der Waals surface area contributed by atoms with Crippen molar-refractivity contribution in [3.63, 3.8) is 0 Å². The van der Waals surface area contributed by atoms with Crippen LogP contribution in [0.1, 0.15) is 15.9 Å². The van der Waals surface area contributed by atoms with Crippen LogP contribution in [0.5, 0.6) is 5.75 Å². The lowest BCUT2D eigenvalue weighted by Gasteiger charge is -2.11. The first-order chi connectivity index (χ1) is 18.8. The smallest absolute Gasteiger partial charge is 0.343 e. The molecule has 192 valence electrons. The second-order valence-electron chi connectivity index (χ2n) is 8.20. The summed E-state index contributed by atoms with van der Waals surface area (Å²) in [4.78, 5) is 41.4. The Bertz CT molecular complexity index is 1820. The number of hydrogen-bond acceptors (Lipinski definition) is 7. The number of para-hydroxylation sites is 1. The van der Waals surface area contributed by atoms with Gasteiger partial charge in [-0.25, -0.2) is 9.78 Å². The quantitative estimate of drug-likeness (QED) is 0.0674. The van der Waals surface area contributed by atoms with E-state index in [1.807, 2.05) is 0 Å². The second-order valence-corrected chi connectivity index (χ2v) is 10.0. The van der Waals surface area contributed by atoms with Crippen molar-refractivity contribution in [2.75, 3.05) is 0 Å². The molecule has 0 aliphatic carbocycles. The molecule has 0 spiro atoms. The van der Waals surface area contributed by atoms with Gasteiger partial charge in [-0.15, -0.1) is 0 Å². The summed E-state index contributed by atoms with van der Waals surface area (Å²) in [5.74, 6) is -0.141. The zero-order valence-corrected chi connectivity index (χ0v) is 23.0. The maximum absolute atomic E-state index is 13.5. The van der Waals surface area contributed by atoms with Crippen LogP contribution in [0.15, 0.2) is 110 Å². The summed E-state index contributed by atoms with van der Waals surface area (Å²) in [5, 5.41) is 15.9. The highest BCUT2D eigenvalue weighted by Crippen LogP contribution is 2.25. The minimum absolute atomic E-state index is 0.0942. The van der Waals surface area contributed by atoms with Crippen molar-refractivity contribution in [3.05, 3.63) is 132 Å². The van der Waals surface area contributed by atoms with Gasteiger partial charge in [0.05, 0.1) is 27.6 Å². The molecule has 0 radical (unpaired) electrons. The second kappa shape index (κ2) is 11.1. The first kappa shape index (κ1) is 26.1. The Hall–Kier alpha value is -4.48. The normalized spacial score (nSPS) is 11.1. The Morgan fingerprint density at radius 3 is 2.36 bits per heavy atom. The Kier molecular flexibility index (Phi) is 7.44. The van der Waals surface area contributed by atoms with Gasteiger partial charge in [0, 0.05) is 32.2 Å². The number of ether oxygens (including phenoxy) is 1. The van der Waals surface area contributed by atoms with Crippen LogP contribution in [-0.2, 0) is 0 Å². The van der Waals surface area contributed by atoms with E-state index >= 15 is 0 Å². The lowest BCUT2D eigenvalue weighted by atomic mass is 10.1. The van der Waals surface area contributed by atoms with Crippen LogP contribution in [0, 0.1) is 10.1 Å². The molecule has 5 aromatic rings. The number of nitro benzene ring substituents is 1. The summed E-state index contributed by atoms with van der Waals surface area (Å²) in [6, 6.07) is 24.3. The molecule has 0 atom stereocenters. The minimum atomic E-state index is -0.560. The molecule has 0 aliphatic heterocycles. The zero-order valence-electron chi connectivity index (χ0n) is 19.8. The third-order valence-electron chi connectivity index (χ3n) is 5.66. The first-order valence-electron chi connectivity index (χ1n) is 11.4. The molecule has 9 nitrogen and oxygen atoms in total. The van der Waals surface area contributed by atoms with Gasteiger partial charge in [0.15, 0.2) is 5.82 Å². The van der Waals surface area contributed by atoms with E-state index in [9.17, 15) is 19.7 Å². The number of benzene rings is 4. The average Bonchev–Trinajstić information content (AvgIpc) is 2.94. The van der Waals surface area contributed by atoms with Gasteiger partial charge in [-0.3, -0.25) is 14.9 Å². The molecule has 0 saturated heterocycles. The van der Waals surface area contributed by atoms with Crippen LogP contribution in [0.25, 0.3) is 22.3 Å². The van der Waals surface area contributed by atoms with Gasteiger partial charge in [-0.2, -0.15) is 9.78 Å². The van der Waals surface area contributed by atoms with E-state index in [1.54, 1.807) is 66.7 Å². The largest absolute Gasteiger partial charge is 0.422 e. The molecule has 0 bridgehead atoms. The summed E-state index contributed by atoms with van der Waals surface area (Å²) in [5.41, 5.74) is 1.16. The number of aromatic nitrogens is 2. The number of nitrogens with zero attached hydrogens (tertiary/aromatic N) is 4. The van der Waals surface area contributed by atoms with Gasteiger partial charge in [-0.1, -0.05) is 44.0 Å². The van der Waals surface area contributed by atoms with Crippen molar-refractivity contribution in [2.45, 2.75) is 0 Å². The number of esters is 1. The molecule has 4 aromatic carbocycles. The van der Waals surface area contributed by atoms with Gasteiger partial charge in [0.2, 0.25) is 0 Å². The van der Waals surface area contributed by atoms with Gasteiger partial charge in [-0.05, 0) is 66.7 Å². The summed E-state index contributed by atoms with van der Waals surface area (Å²) in [6.45, 7) is 0. The lowest BCUT2D eigenvalue weighted by molar-refractivity contribution is -0.384. The van der Waals surface area contributed by atoms with Gasteiger partial charge in [0.25, 0.3) is 11.2 Å². The molecule has 0 saturated carbocycles. The number of nitro groups is 1. The highest BCUT2D eigenvalue weighted by Gasteiger charge is 2.15. The summed E-state index contributed by atoms with van der Waals surface area (Å²) in [6.07, 6.45) is 1.39. The van der Waals surface area contributed by atoms with E-state index in [0.717, 1.165) is 9.15 Å². The summed E-state index contributed by atoms with van der Waals surface area (Å²) >= 11 is 6.75. The molecule has 1 heterocycles. The molecular weight excluding hydrogens is 632 g/mol. The van der Waals surface area contributed by atoms with Crippen molar-refractivity contribution in [1.82, 2.24) is 9.66 Å². The maximum Gasteiger partial charge on any atom is 0.343 e. The molecular formula is C28H16Br2N4O5. The van der Waals surface area contributed by atoms with Gasteiger partial charge in [0.1, 0.15) is 5.75 Å². The van der Waals surface area contributed by atoms with E-state index < -0.39 is 16.5 Å². The number of hydrogen-bond donors (Lipinski definition) is 0. The first-order valence-corrected chi connectivity index (χ1v) is 13.0. The van der Waals surface area contributed by atoms with E-state index in [2.05, 4.69) is 41.9 Å². The molecule has 0 amide bonds. The fraction of sp³-hybridized carbons (Fsp3) is 0. The highest BCUT2D eigenvalue weighted by atomic mass is 79.9. The lowest BCUT2D eigenvalue weighted by Crippen LogP contribution is -2.20. The topological polar surface area (TPSA) is 117 Å². The van der Waals surface area contributed by atoms with Crippen LogP contribution in [0.4, 0.5) is 5.69 Å². The van der Waals surface area contributed by atoms with Crippen molar-refractivity contribution >= 4 is 60.6 Å². The van der Waals surface area contributed by atoms with E-state index in [1.165, 1.54) is 30.5 Å². The molecule has 0 N–H and O–H groups in total. The Balaban J connectivity index is 1.59. The predicted octanol–water partition coefficient (Wildman–Crippen LogP) is 6.60. The van der Waals surface area contributed by atoms with Gasteiger partial charge < -0.3 is 4.74 Å². The number of halogens is 2. The van der Waals surface area contributed by atoms with Crippen molar-refractivity contribution in [1.29, 1.82) is 0 Å². The molecule has 0 aliphatic rings. The van der Waals surface area contributed by atoms with Crippen LogP contribution < -0.4 is 10.3 Å². The van der Waals surface area contributed by atoms with Crippen LogP contribution >= 0.6 is 31.9 Å². The molecule has 5 rings (SSSR count). The zero-order chi connectivity index (χ0) is 27.5. The third kappa shape index (κ3) is 5.69. The Morgan fingerprint density at radius 1 is 0.949 bits per heavy atom. The van der Waals surface area contributed by atoms with E-state index in [4.69, 9.17) is 4.74 Å². The standard InChI is InChI=1S/C28H16Br2N4O5/c29-20-9-5-18(6-10-20)28(36)39-25-14-11-21(30)15-19(25)16-31-33-26(17-7-12-22(13-8-17)34(37)38)32-24-4-2-1-3-23(24)27(33)35/h1-16H. The minimum Gasteiger partial charge on any atom is -0.422 e. The number of carbonyl (C=O) groups is 1. The number of fused-ring (bicyclic) bond motifs is 1. The van der Waals surface area contributed by atoms with Crippen molar-refractivity contribution in [2.24, 2.45) is 5.10 Å². The fourth-order valence-corrected chi connectivity index (χ4v) is 4.37.